The highest BCUT2D eigenvalue weighted by atomic mass is 16.5. The lowest BCUT2D eigenvalue weighted by Gasteiger charge is -2.06. The SMILES string of the molecule is [CH]c1ccc(Oc2c(C)c(C)nn2C)cc1. The Balaban J connectivity index is 2.30. The van der Waals surface area contributed by atoms with Gasteiger partial charge in [0.25, 0.3) is 0 Å². The third kappa shape index (κ3) is 1.94. The van der Waals surface area contributed by atoms with Gasteiger partial charge in [-0.15, -0.1) is 0 Å². The minimum Gasteiger partial charge on any atom is -0.439 e. The lowest BCUT2D eigenvalue weighted by Crippen LogP contribution is -1.95. The maximum Gasteiger partial charge on any atom is 0.220 e. The molecule has 0 aliphatic carbocycles. The van der Waals surface area contributed by atoms with Crippen molar-refractivity contribution in [3.05, 3.63) is 48.0 Å². The van der Waals surface area contributed by atoms with Gasteiger partial charge in [0.05, 0.1) is 5.69 Å². The molecule has 82 valence electrons. The van der Waals surface area contributed by atoms with Crippen molar-refractivity contribution < 1.29 is 4.74 Å². The first-order valence-corrected chi connectivity index (χ1v) is 5.11. The molecule has 0 amide bonds. The summed E-state index contributed by atoms with van der Waals surface area (Å²) in [5.41, 5.74) is 2.76. The van der Waals surface area contributed by atoms with E-state index in [0.717, 1.165) is 28.5 Å². The summed E-state index contributed by atoms with van der Waals surface area (Å²) in [6.45, 7) is 9.57. The van der Waals surface area contributed by atoms with Crippen molar-refractivity contribution in [1.82, 2.24) is 9.78 Å². The largest absolute Gasteiger partial charge is 0.439 e. The topological polar surface area (TPSA) is 27.1 Å². The zero-order valence-corrected chi connectivity index (χ0v) is 9.69. The average Bonchev–Trinajstić information content (AvgIpc) is 2.48. The monoisotopic (exact) mass is 214 g/mol. The highest BCUT2D eigenvalue weighted by molar-refractivity contribution is 5.36. The zero-order chi connectivity index (χ0) is 11.7. The Kier molecular flexibility index (Phi) is 2.69. The first kappa shape index (κ1) is 10.7. The molecule has 1 aromatic carbocycles. The normalized spacial score (nSPS) is 10.5. The number of hydrogen-bond donors (Lipinski definition) is 0. The van der Waals surface area contributed by atoms with E-state index in [1.54, 1.807) is 4.68 Å². The molecule has 0 saturated carbocycles. The minimum absolute atomic E-state index is 0.727. The van der Waals surface area contributed by atoms with Gasteiger partial charge in [0.2, 0.25) is 5.88 Å². The predicted octanol–water partition coefficient (Wildman–Crippen LogP) is 2.89. The Morgan fingerprint density at radius 3 is 2.31 bits per heavy atom. The second-order valence-electron chi connectivity index (χ2n) is 3.81. The Bertz CT molecular complexity index is 497. The molecule has 1 aromatic heterocycles. The van der Waals surface area contributed by atoms with Crippen LogP contribution in [0.3, 0.4) is 0 Å². The summed E-state index contributed by atoms with van der Waals surface area (Å²) in [5, 5.41) is 4.29. The molecular formula is C13H14N2O. The van der Waals surface area contributed by atoms with Gasteiger partial charge in [0, 0.05) is 12.6 Å². The van der Waals surface area contributed by atoms with E-state index in [-0.39, 0.29) is 0 Å². The van der Waals surface area contributed by atoms with Crippen molar-refractivity contribution in [2.24, 2.45) is 7.05 Å². The van der Waals surface area contributed by atoms with E-state index in [1.807, 2.05) is 45.2 Å². The summed E-state index contributed by atoms with van der Waals surface area (Å²) in [5.74, 6) is 1.53. The van der Waals surface area contributed by atoms with Gasteiger partial charge in [-0.1, -0.05) is 12.1 Å². The van der Waals surface area contributed by atoms with Crippen LogP contribution in [-0.4, -0.2) is 9.78 Å². The summed E-state index contributed by atoms with van der Waals surface area (Å²) in [6.07, 6.45) is 0. The summed E-state index contributed by atoms with van der Waals surface area (Å²) in [6, 6.07) is 7.32. The molecule has 0 aliphatic rings. The lowest BCUT2D eigenvalue weighted by molar-refractivity contribution is 0.427. The van der Waals surface area contributed by atoms with Crippen molar-refractivity contribution in [2.45, 2.75) is 13.8 Å². The van der Waals surface area contributed by atoms with Gasteiger partial charge >= 0.3 is 0 Å². The number of hydrogen-bond acceptors (Lipinski definition) is 2. The highest BCUT2D eigenvalue weighted by Gasteiger charge is 2.10. The van der Waals surface area contributed by atoms with Gasteiger partial charge in [-0.2, -0.15) is 5.10 Å². The number of aryl methyl sites for hydroxylation is 2. The lowest BCUT2D eigenvalue weighted by atomic mass is 10.2. The van der Waals surface area contributed by atoms with Crippen LogP contribution in [0.1, 0.15) is 16.8 Å². The van der Waals surface area contributed by atoms with Gasteiger partial charge in [0.15, 0.2) is 0 Å². The molecule has 16 heavy (non-hydrogen) atoms. The molecule has 0 atom stereocenters. The van der Waals surface area contributed by atoms with Crippen molar-refractivity contribution in [3.8, 4) is 11.6 Å². The summed E-state index contributed by atoms with van der Waals surface area (Å²) < 4.78 is 7.50. The third-order valence-corrected chi connectivity index (χ3v) is 2.55. The van der Waals surface area contributed by atoms with Crippen LogP contribution in [0.5, 0.6) is 11.6 Å². The molecule has 1 heterocycles. The number of aromatic nitrogens is 2. The smallest absolute Gasteiger partial charge is 0.220 e. The Labute approximate surface area is 95.7 Å². The van der Waals surface area contributed by atoms with Crippen LogP contribution in [0.25, 0.3) is 0 Å². The molecule has 3 nitrogen and oxygen atoms in total. The minimum atomic E-state index is 0.727. The highest BCUT2D eigenvalue weighted by Crippen LogP contribution is 2.26. The number of benzene rings is 1. The van der Waals surface area contributed by atoms with E-state index in [2.05, 4.69) is 5.10 Å². The van der Waals surface area contributed by atoms with E-state index < -0.39 is 0 Å². The molecule has 3 heteroatoms. The van der Waals surface area contributed by atoms with Crippen molar-refractivity contribution in [2.75, 3.05) is 0 Å². The van der Waals surface area contributed by atoms with Crippen LogP contribution >= 0.6 is 0 Å². The molecule has 0 fully saturated rings. The molecule has 0 saturated heterocycles. The average molecular weight is 214 g/mol. The van der Waals surface area contributed by atoms with Crippen LogP contribution in [0.2, 0.25) is 0 Å². The van der Waals surface area contributed by atoms with Crippen LogP contribution in [0.15, 0.2) is 24.3 Å². The molecule has 2 radical (unpaired) electrons. The molecule has 0 spiro atoms. The van der Waals surface area contributed by atoms with Crippen LogP contribution in [-0.2, 0) is 7.05 Å². The van der Waals surface area contributed by atoms with Gasteiger partial charge in [-0.25, -0.2) is 4.68 Å². The number of ether oxygens (including phenoxy) is 1. The maximum atomic E-state index is 5.76. The Morgan fingerprint density at radius 2 is 1.81 bits per heavy atom. The predicted molar refractivity (Wildman–Crippen MR) is 62.6 cm³/mol. The summed E-state index contributed by atoms with van der Waals surface area (Å²) >= 11 is 0. The first-order valence-electron chi connectivity index (χ1n) is 5.11. The standard InChI is InChI=1S/C13H14N2O/c1-9-5-7-12(8-6-9)16-13-10(2)11(3)14-15(13)4/h1,5-8H,2-4H3. The maximum absolute atomic E-state index is 5.76. The van der Waals surface area contributed by atoms with E-state index in [1.165, 1.54) is 0 Å². The van der Waals surface area contributed by atoms with Crippen molar-refractivity contribution >= 4 is 0 Å². The number of nitrogens with zero attached hydrogens (tertiary/aromatic N) is 2. The third-order valence-electron chi connectivity index (χ3n) is 2.55. The second kappa shape index (κ2) is 4.00. The van der Waals surface area contributed by atoms with Crippen LogP contribution in [0, 0.1) is 20.8 Å². The summed E-state index contributed by atoms with van der Waals surface area (Å²) in [4.78, 5) is 0. The fraction of sp³-hybridized carbons (Fsp3) is 0.231. The van der Waals surface area contributed by atoms with Crippen molar-refractivity contribution in [1.29, 1.82) is 0 Å². The van der Waals surface area contributed by atoms with E-state index >= 15 is 0 Å². The Hall–Kier alpha value is -1.77. The van der Waals surface area contributed by atoms with Gasteiger partial charge < -0.3 is 4.74 Å². The number of rotatable bonds is 2. The Morgan fingerprint density at radius 1 is 1.19 bits per heavy atom. The van der Waals surface area contributed by atoms with E-state index in [4.69, 9.17) is 11.7 Å². The van der Waals surface area contributed by atoms with E-state index in [0.29, 0.717) is 0 Å². The zero-order valence-electron chi connectivity index (χ0n) is 9.69. The van der Waals surface area contributed by atoms with Gasteiger partial charge in [0.1, 0.15) is 5.75 Å². The second-order valence-corrected chi connectivity index (χ2v) is 3.81. The van der Waals surface area contributed by atoms with Crippen LogP contribution in [0.4, 0.5) is 0 Å². The van der Waals surface area contributed by atoms with Gasteiger partial charge in [-0.3, -0.25) is 0 Å². The first-order chi connectivity index (χ1) is 7.58. The quantitative estimate of drug-likeness (QED) is 0.768. The fourth-order valence-corrected chi connectivity index (χ4v) is 1.53. The molecule has 2 aromatic rings. The summed E-state index contributed by atoms with van der Waals surface area (Å²) in [7, 11) is 1.87. The molecule has 2 rings (SSSR count). The van der Waals surface area contributed by atoms with Gasteiger partial charge in [-0.05, 0) is 38.5 Å². The molecule has 0 aliphatic heterocycles. The van der Waals surface area contributed by atoms with Crippen LogP contribution < -0.4 is 4.74 Å². The fourth-order valence-electron chi connectivity index (χ4n) is 1.53. The van der Waals surface area contributed by atoms with Crippen molar-refractivity contribution in [3.63, 3.8) is 0 Å². The molecular weight excluding hydrogens is 200 g/mol. The molecule has 0 N–H and O–H groups in total. The molecule has 0 bridgehead atoms. The molecule has 0 unspecified atom stereocenters. The van der Waals surface area contributed by atoms with E-state index in [9.17, 15) is 0 Å².